The Morgan fingerprint density at radius 2 is 1.80 bits per heavy atom. The van der Waals surface area contributed by atoms with Crippen LogP contribution < -0.4 is 4.74 Å². The third-order valence-corrected chi connectivity index (χ3v) is 5.61. The van der Waals surface area contributed by atoms with E-state index in [0.29, 0.717) is 28.5 Å². The average molecular weight is 382 g/mol. The number of rotatable bonds is 4. The molecule has 1 aromatic carbocycles. The number of ether oxygens (including phenoxy) is 1. The lowest BCUT2D eigenvalue weighted by Crippen LogP contribution is -1.96. The van der Waals surface area contributed by atoms with Crippen LogP contribution in [-0.2, 0) is 16.1 Å². The van der Waals surface area contributed by atoms with E-state index in [4.69, 9.17) is 19.9 Å². The molecular weight excluding hydrogens is 366 g/mol. The molecule has 0 unspecified atom stereocenters. The van der Waals surface area contributed by atoms with Crippen molar-refractivity contribution in [3.05, 3.63) is 35.7 Å². The summed E-state index contributed by atoms with van der Waals surface area (Å²) >= 11 is 0. The number of methoxy groups -OCH3 is 1. The second-order valence-electron chi connectivity index (χ2n) is 5.52. The highest BCUT2D eigenvalue weighted by Gasteiger charge is 2.29. The molecule has 7 nitrogen and oxygen atoms in total. The van der Waals surface area contributed by atoms with Gasteiger partial charge >= 0.3 is 0 Å². The number of hydrogen-bond donors (Lipinski definition) is 0. The molecule has 0 aliphatic carbocycles. The van der Waals surface area contributed by atoms with Crippen LogP contribution in [0.25, 0.3) is 22.8 Å². The van der Waals surface area contributed by atoms with Crippen molar-refractivity contribution < 1.29 is 17.7 Å². The monoisotopic (exact) mass is 381 g/mol. The van der Waals surface area contributed by atoms with Crippen LogP contribution in [-0.4, -0.2) is 30.2 Å². The van der Waals surface area contributed by atoms with E-state index < -0.39 is 9.05 Å². The van der Waals surface area contributed by atoms with Gasteiger partial charge in [-0.3, -0.25) is 0 Å². The van der Waals surface area contributed by atoms with Crippen molar-refractivity contribution in [1.29, 1.82) is 0 Å². The molecule has 25 heavy (non-hydrogen) atoms. The molecule has 3 rings (SSSR count). The van der Waals surface area contributed by atoms with Gasteiger partial charge in [0.25, 0.3) is 14.9 Å². The minimum Gasteiger partial charge on any atom is -0.497 e. The predicted molar refractivity (Wildman–Crippen MR) is 93.2 cm³/mol. The number of aromatic nitrogens is 3. The van der Waals surface area contributed by atoms with Crippen molar-refractivity contribution in [3.8, 4) is 28.6 Å². The highest BCUT2D eigenvalue weighted by atomic mass is 35.7. The molecule has 0 saturated heterocycles. The topological polar surface area (TPSA) is 87.2 Å². The summed E-state index contributed by atoms with van der Waals surface area (Å²) < 4.78 is 36.2. The van der Waals surface area contributed by atoms with E-state index in [-0.39, 0.29) is 10.8 Å². The van der Waals surface area contributed by atoms with Crippen LogP contribution in [0.4, 0.5) is 0 Å². The Morgan fingerprint density at radius 1 is 1.16 bits per heavy atom. The second-order valence-corrected chi connectivity index (χ2v) is 8.03. The van der Waals surface area contributed by atoms with Crippen LogP contribution >= 0.6 is 10.7 Å². The van der Waals surface area contributed by atoms with E-state index in [1.165, 1.54) is 0 Å². The van der Waals surface area contributed by atoms with E-state index in [2.05, 4.69) is 10.1 Å². The zero-order valence-corrected chi connectivity index (χ0v) is 15.6. The van der Waals surface area contributed by atoms with Gasteiger partial charge in [0, 0.05) is 34.7 Å². The van der Waals surface area contributed by atoms with Crippen molar-refractivity contribution in [3.63, 3.8) is 0 Å². The summed E-state index contributed by atoms with van der Waals surface area (Å²) in [7, 11) is 4.98. The fourth-order valence-electron chi connectivity index (χ4n) is 2.65. The largest absolute Gasteiger partial charge is 0.497 e. The maximum atomic E-state index is 12.0. The third kappa shape index (κ3) is 3.03. The van der Waals surface area contributed by atoms with Crippen LogP contribution in [0, 0.1) is 13.8 Å². The van der Waals surface area contributed by atoms with Crippen LogP contribution in [0.5, 0.6) is 5.75 Å². The quantitative estimate of drug-likeness (QED) is 0.644. The maximum Gasteiger partial charge on any atom is 0.263 e. The normalized spacial score (nSPS) is 11.7. The van der Waals surface area contributed by atoms with Crippen LogP contribution in [0.3, 0.4) is 0 Å². The molecule has 0 aliphatic rings. The van der Waals surface area contributed by atoms with Gasteiger partial charge in [-0.1, -0.05) is 5.16 Å². The molecule has 0 N–H and O–H groups in total. The molecule has 0 atom stereocenters. The average Bonchev–Trinajstić information content (AvgIpc) is 3.13. The minimum absolute atomic E-state index is 0.0147. The molecule has 9 heteroatoms. The number of hydrogen-bond acceptors (Lipinski definition) is 6. The Labute approximate surface area is 149 Å². The first-order valence-electron chi connectivity index (χ1n) is 7.33. The van der Waals surface area contributed by atoms with Gasteiger partial charge in [-0.15, -0.1) is 0 Å². The first-order valence-corrected chi connectivity index (χ1v) is 9.64. The summed E-state index contributed by atoms with van der Waals surface area (Å²) in [6, 6.07) is 7.13. The lowest BCUT2D eigenvalue weighted by molar-refractivity contribution is 0.414. The Kier molecular flexibility index (Phi) is 4.34. The van der Waals surface area contributed by atoms with Crippen molar-refractivity contribution in [2.75, 3.05) is 7.11 Å². The smallest absolute Gasteiger partial charge is 0.263 e. The van der Waals surface area contributed by atoms with Gasteiger partial charge < -0.3 is 13.8 Å². The number of halogens is 1. The molecule has 2 aromatic heterocycles. The first kappa shape index (κ1) is 17.5. The molecule has 0 radical (unpaired) electrons. The van der Waals surface area contributed by atoms with E-state index in [1.807, 2.05) is 0 Å². The molecule has 0 spiro atoms. The Hall–Kier alpha value is -2.32. The fraction of sp³-hybridized carbons (Fsp3) is 0.250. The lowest BCUT2D eigenvalue weighted by atomic mass is 10.2. The van der Waals surface area contributed by atoms with Gasteiger partial charge in [-0.25, -0.2) is 8.42 Å². The van der Waals surface area contributed by atoms with E-state index in [1.54, 1.807) is 56.8 Å². The second kappa shape index (κ2) is 6.20. The van der Waals surface area contributed by atoms with Gasteiger partial charge in [0.15, 0.2) is 0 Å². The molecule has 0 aliphatic heterocycles. The molecule has 0 bridgehead atoms. The first-order chi connectivity index (χ1) is 11.7. The molecule has 3 aromatic rings. The van der Waals surface area contributed by atoms with Gasteiger partial charge in [0.05, 0.1) is 12.7 Å². The number of benzene rings is 1. The van der Waals surface area contributed by atoms with Crippen molar-refractivity contribution >= 4 is 19.7 Å². The standard InChI is InChI=1S/C16H16ClN3O4S/c1-9-13(14(25(17,21)22)10(2)20(9)3)16-18-15(19-24-16)11-5-7-12(23-4)8-6-11/h5-8H,1-4H3. The predicted octanol–water partition coefficient (Wildman–Crippen LogP) is 3.30. The van der Waals surface area contributed by atoms with Crippen molar-refractivity contribution in [2.45, 2.75) is 18.7 Å². The summed E-state index contributed by atoms with van der Waals surface area (Å²) in [5.41, 5.74) is 2.21. The third-order valence-electron chi connectivity index (χ3n) is 4.16. The highest BCUT2D eigenvalue weighted by molar-refractivity contribution is 8.13. The lowest BCUT2D eigenvalue weighted by Gasteiger charge is -1.99. The van der Waals surface area contributed by atoms with Crippen LogP contribution in [0.2, 0.25) is 0 Å². The number of nitrogens with zero attached hydrogens (tertiary/aromatic N) is 3. The van der Waals surface area contributed by atoms with E-state index in [0.717, 1.165) is 5.56 Å². The molecule has 2 heterocycles. The van der Waals surface area contributed by atoms with Crippen molar-refractivity contribution in [1.82, 2.24) is 14.7 Å². The van der Waals surface area contributed by atoms with E-state index >= 15 is 0 Å². The zero-order chi connectivity index (χ0) is 18.4. The summed E-state index contributed by atoms with van der Waals surface area (Å²) in [6.07, 6.45) is 0. The molecule has 0 amide bonds. The Balaban J connectivity index is 2.13. The summed E-state index contributed by atoms with van der Waals surface area (Å²) in [5, 5.41) is 3.95. The highest BCUT2D eigenvalue weighted by Crippen LogP contribution is 2.36. The molecule has 0 fully saturated rings. The van der Waals surface area contributed by atoms with Crippen LogP contribution in [0.15, 0.2) is 33.7 Å². The zero-order valence-electron chi connectivity index (χ0n) is 14.1. The minimum atomic E-state index is -3.97. The van der Waals surface area contributed by atoms with E-state index in [9.17, 15) is 8.42 Å². The van der Waals surface area contributed by atoms with Gasteiger partial charge in [0.1, 0.15) is 10.6 Å². The van der Waals surface area contributed by atoms with Crippen LogP contribution in [0.1, 0.15) is 11.4 Å². The van der Waals surface area contributed by atoms with Gasteiger partial charge in [0.2, 0.25) is 5.82 Å². The molecule has 0 saturated carbocycles. The fourth-order valence-corrected chi connectivity index (χ4v) is 4.18. The van der Waals surface area contributed by atoms with Gasteiger partial charge in [-0.2, -0.15) is 4.98 Å². The van der Waals surface area contributed by atoms with Gasteiger partial charge in [-0.05, 0) is 38.1 Å². The van der Waals surface area contributed by atoms with Crippen molar-refractivity contribution in [2.24, 2.45) is 7.05 Å². The summed E-state index contributed by atoms with van der Waals surface area (Å²) in [6.45, 7) is 3.44. The molecule has 132 valence electrons. The SMILES string of the molecule is COc1ccc(-c2noc(-c3c(S(=O)(=O)Cl)c(C)n(C)c3C)n2)cc1. The summed E-state index contributed by atoms with van der Waals surface area (Å²) in [4.78, 5) is 4.33. The maximum absolute atomic E-state index is 12.0. The summed E-state index contributed by atoms with van der Waals surface area (Å²) in [5.74, 6) is 1.15. The Bertz CT molecular complexity index is 1040. The molecular formula is C16H16ClN3O4S. The Morgan fingerprint density at radius 3 is 2.36 bits per heavy atom.